The van der Waals surface area contributed by atoms with Gasteiger partial charge in [-0.25, -0.2) is 0 Å². The molecule has 1 heterocycles. The van der Waals surface area contributed by atoms with Crippen LogP contribution in [-0.4, -0.2) is 37.5 Å². The predicted octanol–water partition coefficient (Wildman–Crippen LogP) is 5.57. The predicted molar refractivity (Wildman–Crippen MR) is 157 cm³/mol. The van der Waals surface area contributed by atoms with Gasteiger partial charge >= 0.3 is 10.1 Å². The minimum Gasteiger partial charge on any atom is -0.493 e. The number of nitrogens with zero attached hydrogens (tertiary/aromatic N) is 1. The number of benzene rings is 3. The Labute approximate surface area is 243 Å². The van der Waals surface area contributed by atoms with Crippen LogP contribution in [0.3, 0.4) is 0 Å². The Hall–Kier alpha value is -3.36. The van der Waals surface area contributed by atoms with Crippen LogP contribution in [0.25, 0.3) is 6.08 Å². The minimum absolute atomic E-state index is 0.0198. The average molecular weight is 679 g/mol. The van der Waals surface area contributed by atoms with E-state index in [0.717, 1.165) is 22.9 Å². The highest BCUT2D eigenvalue weighted by atomic mass is 127. The van der Waals surface area contributed by atoms with Crippen LogP contribution in [0.5, 0.6) is 11.5 Å². The van der Waals surface area contributed by atoms with Gasteiger partial charge in [0.25, 0.3) is 11.1 Å². The Morgan fingerprint density at radius 1 is 1.08 bits per heavy atom. The number of imide groups is 1. The van der Waals surface area contributed by atoms with E-state index >= 15 is 0 Å². The standard InChI is InChI=1S/C27H23IN2O7S2/c1-16-4-6-18(7-5-16)15-30-26(32)24(38-27(30)33)14-19-12-22(28)25(23(13-19)36-3)37-39(34,35)21-10-8-20(9-11-21)29-17(2)31/h4-14H,15H2,1-3H3,(H,29,31)/b24-14-. The zero-order chi connectivity index (χ0) is 28.3. The monoisotopic (exact) mass is 678 g/mol. The van der Waals surface area contributed by atoms with Crippen LogP contribution in [0.1, 0.15) is 23.6 Å². The molecular formula is C27H23IN2O7S2. The lowest BCUT2D eigenvalue weighted by atomic mass is 10.1. The number of thioether (sulfide) groups is 1. The van der Waals surface area contributed by atoms with E-state index in [1.54, 1.807) is 12.1 Å². The molecule has 0 atom stereocenters. The first-order valence-electron chi connectivity index (χ1n) is 11.5. The summed E-state index contributed by atoms with van der Waals surface area (Å²) in [6, 6.07) is 16.3. The van der Waals surface area contributed by atoms with Crippen molar-refractivity contribution in [2.24, 2.45) is 0 Å². The second kappa shape index (κ2) is 11.8. The fourth-order valence-corrected chi connectivity index (χ4v) is 6.31. The van der Waals surface area contributed by atoms with E-state index in [4.69, 9.17) is 8.92 Å². The number of aryl methyl sites for hydroxylation is 1. The van der Waals surface area contributed by atoms with E-state index in [2.05, 4.69) is 5.32 Å². The summed E-state index contributed by atoms with van der Waals surface area (Å²) >= 11 is 2.75. The van der Waals surface area contributed by atoms with Gasteiger partial charge < -0.3 is 14.2 Å². The van der Waals surface area contributed by atoms with Crippen LogP contribution in [0, 0.1) is 10.5 Å². The lowest BCUT2D eigenvalue weighted by molar-refractivity contribution is -0.123. The van der Waals surface area contributed by atoms with E-state index in [0.29, 0.717) is 14.8 Å². The number of anilines is 1. The molecule has 202 valence electrons. The fourth-order valence-electron chi connectivity index (χ4n) is 3.63. The van der Waals surface area contributed by atoms with Gasteiger partial charge in [-0.3, -0.25) is 19.3 Å². The summed E-state index contributed by atoms with van der Waals surface area (Å²) < 4.78 is 37.1. The van der Waals surface area contributed by atoms with Gasteiger partial charge in [-0.05, 0) is 94.9 Å². The number of nitrogens with one attached hydrogen (secondary N) is 1. The Balaban J connectivity index is 1.56. The summed E-state index contributed by atoms with van der Waals surface area (Å²) in [7, 11) is -2.86. The highest BCUT2D eigenvalue weighted by Gasteiger charge is 2.35. The number of hydrogen-bond acceptors (Lipinski definition) is 8. The van der Waals surface area contributed by atoms with Crippen molar-refractivity contribution in [2.75, 3.05) is 12.4 Å². The number of amides is 3. The summed E-state index contributed by atoms with van der Waals surface area (Å²) in [6.45, 7) is 3.47. The van der Waals surface area contributed by atoms with Crippen LogP contribution >= 0.6 is 34.4 Å². The fraction of sp³-hybridized carbons (Fsp3) is 0.148. The molecule has 0 aromatic heterocycles. The van der Waals surface area contributed by atoms with Gasteiger partial charge in [0, 0.05) is 12.6 Å². The van der Waals surface area contributed by atoms with E-state index in [-0.39, 0.29) is 39.0 Å². The summed E-state index contributed by atoms with van der Waals surface area (Å²) in [5.74, 6) is -0.582. The first-order chi connectivity index (χ1) is 18.5. The molecule has 4 rings (SSSR count). The molecule has 3 aromatic rings. The van der Waals surface area contributed by atoms with E-state index in [9.17, 15) is 22.8 Å². The lowest BCUT2D eigenvalue weighted by Gasteiger charge is -2.14. The third kappa shape index (κ3) is 6.81. The summed E-state index contributed by atoms with van der Waals surface area (Å²) in [6.07, 6.45) is 1.56. The van der Waals surface area contributed by atoms with Gasteiger partial charge in [-0.2, -0.15) is 8.42 Å². The normalized spacial score (nSPS) is 14.6. The average Bonchev–Trinajstić information content (AvgIpc) is 3.13. The molecule has 0 unspecified atom stereocenters. The highest BCUT2D eigenvalue weighted by Crippen LogP contribution is 2.39. The van der Waals surface area contributed by atoms with Crippen molar-refractivity contribution in [3.05, 3.63) is 85.8 Å². The maximum Gasteiger partial charge on any atom is 0.339 e. The molecule has 0 radical (unpaired) electrons. The maximum absolute atomic E-state index is 13.0. The number of rotatable bonds is 8. The molecule has 1 saturated heterocycles. The van der Waals surface area contributed by atoms with Crippen molar-refractivity contribution >= 4 is 73.3 Å². The largest absolute Gasteiger partial charge is 0.493 e. The Morgan fingerprint density at radius 2 is 1.74 bits per heavy atom. The number of hydrogen-bond donors (Lipinski definition) is 1. The van der Waals surface area contributed by atoms with E-state index in [1.165, 1.54) is 49.3 Å². The zero-order valence-electron chi connectivity index (χ0n) is 21.1. The van der Waals surface area contributed by atoms with Gasteiger partial charge in [-0.15, -0.1) is 0 Å². The van der Waals surface area contributed by atoms with Crippen molar-refractivity contribution < 1.29 is 31.7 Å². The van der Waals surface area contributed by atoms with Crippen LogP contribution in [-0.2, 0) is 26.3 Å². The van der Waals surface area contributed by atoms with Gasteiger partial charge in [0.15, 0.2) is 11.5 Å². The summed E-state index contributed by atoms with van der Waals surface area (Å²) in [4.78, 5) is 38.1. The molecule has 39 heavy (non-hydrogen) atoms. The SMILES string of the molecule is COc1cc(/C=C2\SC(=O)N(Cc3ccc(C)cc3)C2=O)cc(I)c1OS(=O)(=O)c1ccc(NC(C)=O)cc1. The molecule has 0 aliphatic carbocycles. The van der Waals surface area contributed by atoms with E-state index in [1.807, 2.05) is 53.8 Å². The molecule has 12 heteroatoms. The smallest absolute Gasteiger partial charge is 0.339 e. The first kappa shape index (κ1) is 28.6. The molecule has 3 amide bonds. The Kier molecular flexibility index (Phi) is 8.67. The summed E-state index contributed by atoms with van der Waals surface area (Å²) in [5.41, 5.74) is 2.90. The van der Waals surface area contributed by atoms with Crippen molar-refractivity contribution in [1.29, 1.82) is 0 Å². The number of carbonyl (C=O) groups excluding carboxylic acids is 3. The second-order valence-corrected chi connectivity index (χ2v) is 12.2. The van der Waals surface area contributed by atoms with Gasteiger partial charge in [-0.1, -0.05) is 29.8 Å². The molecule has 0 saturated carbocycles. The number of methoxy groups -OCH3 is 1. The highest BCUT2D eigenvalue weighted by molar-refractivity contribution is 14.1. The van der Waals surface area contributed by atoms with Gasteiger partial charge in [0.2, 0.25) is 5.91 Å². The molecule has 1 N–H and O–H groups in total. The molecule has 0 spiro atoms. The van der Waals surface area contributed by atoms with Crippen molar-refractivity contribution in [3.63, 3.8) is 0 Å². The topological polar surface area (TPSA) is 119 Å². The molecule has 3 aromatic carbocycles. The van der Waals surface area contributed by atoms with Crippen LogP contribution in [0.4, 0.5) is 10.5 Å². The Bertz CT molecular complexity index is 1590. The molecule has 1 aliphatic rings. The molecular weight excluding hydrogens is 655 g/mol. The van der Waals surface area contributed by atoms with Crippen LogP contribution < -0.4 is 14.2 Å². The summed E-state index contributed by atoms with van der Waals surface area (Å²) in [5, 5.41) is 2.20. The molecule has 0 bridgehead atoms. The Morgan fingerprint density at radius 3 is 2.36 bits per heavy atom. The number of carbonyl (C=O) groups is 3. The van der Waals surface area contributed by atoms with Gasteiger partial charge in [0.1, 0.15) is 4.90 Å². The molecule has 1 fully saturated rings. The van der Waals surface area contributed by atoms with Crippen molar-refractivity contribution in [1.82, 2.24) is 4.90 Å². The van der Waals surface area contributed by atoms with Crippen molar-refractivity contribution in [3.8, 4) is 11.5 Å². The van der Waals surface area contributed by atoms with E-state index < -0.39 is 16.0 Å². The maximum atomic E-state index is 13.0. The third-order valence-corrected chi connectivity index (χ3v) is 8.49. The second-order valence-electron chi connectivity index (χ2n) is 8.53. The lowest BCUT2D eigenvalue weighted by Crippen LogP contribution is -2.27. The first-order valence-corrected chi connectivity index (χ1v) is 14.8. The van der Waals surface area contributed by atoms with Crippen molar-refractivity contribution in [2.45, 2.75) is 25.3 Å². The minimum atomic E-state index is -4.23. The quantitative estimate of drug-likeness (QED) is 0.187. The molecule has 1 aliphatic heterocycles. The molecule has 9 nitrogen and oxygen atoms in total. The van der Waals surface area contributed by atoms with Crippen LogP contribution in [0.15, 0.2) is 70.5 Å². The zero-order valence-corrected chi connectivity index (χ0v) is 24.8. The van der Waals surface area contributed by atoms with Gasteiger partial charge in [0.05, 0.1) is 22.1 Å². The third-order valence-electron chi connectivity index (χ3n) is 5.54. The number of halogens is 1. The van der Waals surface area contributed by atoms with Crippen LogP contribution in [0.2, 0.25) is 0 Å². The number of ether oxygens (including phenoxy) is 1.